The molecule has 26 heavy (non-hydrogen) atoms. The first-order valence-electron chi connectivity index (χ1n) is 8.29. The molecule has 0 fully saturated rings. The van der Waals surface area contributed by atoms with Gasteiger partial charge in [-0.15, -0.1) is 5.10 Å². The molecular formula is C18H20N6O2. The average Bonchev–Trinajstić information content (AvgIpc) is 3.12. The molecule has 1 aromatic heterocycles. The number of ether oxygens (including phenoxy) is 1. The van der Waals surface area contributed by atoms with Crippen LogP contribution in [0, 0.1) is 6.92 Å². The smallest absolute Gasteiger partial charge is 0.411 e. The molecule has 0 bridgehead atoms. The van der Waals surface area contributed by atoms with Crippen molar-refractivity contribution in [3.05, 3.63) is 59.9 Å². The van der Waals surface area contributed by atoms with Crippen molar-refractivity contribution in [2.45, 2.75) is 20.4 Å². The number of carbonyl (C=O) groups excluding carboxylic acids is 1. The summed E-state index contributed by atoms with van der Waals surface area (Å²) in [7, 11) is 0. The molecule has 8 heteroatoms. The summed E-state index contributed by atoms with van der Waals surface area (Å²) in [5.41, 5.74) is 3.36. The Morgan fingerprint density at radius 2 is 1.88 bits per heavy atom. The Kier molecular flexibility index (Phi) is 5.43. The van der Waals surface area contributed by atoms with Crippen LogP contribution in [0.5, 0.6) is 0 Å². The molecule has 0 aliphatic heterocycles. The van der Waals surface area contributed by atoms with Crippen molar-refractivity contribution >= 4 is 17.5 Å². The highest BCUT2D eigenvalue weighted by Gasteiger charge is 2.11. The van der Waals surface area contributed by atoms with Gasteiger partial charge in [-0.25, -0.2) is 4.79 Å². The molecule has 2 aromatic carbocycles. The fourth-order valence-electron chi connectivity index (χ4n) is 2.50. The van der Waals surface area contributed by atoms with E-state index in [1.54, 1.807) is 11.6 Å². The van der Waals surface area contributed by atoms with Gasteiger partial charge < -0.3 is 10.1 Å². The van der Waals surface area contributed by atoms with E-state index in [1.165, 1.54) is 0 Å². The van der Waals surface area contributed by atoms with E-state index in [0.717, 1.165) is 16.9 Å². The van der Waals surface area contributed by atoms with Crippen LogP contribution in [-0.4, -0.2) is 32.9 Å². The zero-order valence-corrected chi connectivity index (χ0v) is 14.6. The van der Waals surface area contributed by atoms with Gasteiger partial charge in [-0.05, 0) is 54.1 Å². The first-order chi connectivity index (χ1) is 12.7. The summed E-state index contributed by atoms with van der Waals surface area (Å²) in [6.07, 6.45) is -0.472. The third-order valence-electron chi connectivity index (χ3n) is 3.82. The summed E-state index contributed by atoms with van der Waals surface area (Å²) in [5.74, 6) is 0.680. The maximum absolute atomic E-state index is 11.6. The Balaban J connectivity index is 1.73. The second kappa shape index (κ2) is 8.11. The highest BCUT2D eigenvalue weighted by molar-refractivity contribution is 5.87. The molecule has 0 saturated carbocycles. The van der Waals surface area contributed by atoms with Crippen molar-refractivity contribution in [2.75, 3.05) is 17.2 Å². The lowest BCUT2D eigenvalue weighted by Crippen LogP contribution is -2.15. The maximum Gasteiger partial charge on any atom is 0.411 e. The molecule has 1 heterocycles. The second-order valence-corrected chi connectivity index (χ2v) is 5.52. The molecular weight excluding hydrogens is 332 g/mol. The van der Waals surface area contributed by atoms with E-state index in [1.807, 2.05) is 55.5 Å². The number of hydrogen-bond donors (Lipinski definition) is 2. The fraction of sp³-hybridized carbons (Fsp3) is 0.222. The van der Waals surface area contributed by atoms with Crippen molar-refractivity contribution in [3.63, 3.8) is 0 Å². The van der Waals surface area contributed by atoms with Crippen LogP contribution in [0.2, 0.25) is 0 Å². The highest BCUT2D eigenvalue weighted by Crippen LogP contribution is 2.24. The van der Waals surface area contributed by atoms with Gasteiger partial charge in [0, 0.05) is 11.4 Å². The Morgan fingerprint density at radius 3 is 2.65 bits per heavy atom. The van der Waals surface area contributed by atoms with Crippen LogP contribution >= 0.6 is 0 Å². The SMILES string of the molecule is CCOC(=O)Nc1cccc(NCc2nnnn2-c2ccccc2)c1C. The molecule has 0 aliphatic rings. The first kappa shape index (κ1) is 17.4. The number of para-hydroxylation sites is 1. The zero-order chi connectivity index (χ0) is 18.4. The molecule has 0 saturated heterocycles. The van der Waals surface area contributed by atoms with Gasteiger partial charge in [0.25, 0.3) is 0 Å². The lowest BCUT2D eigenvalue weighted by Gasteiger charge is -2.14. The van der Waals surface area contributed by atoms with Gasteiger partial charge in [-0.1, -0.05) is 24.3 Å². The third-order valence-corrected chi connectivity index (χ3v) is 3.82. The first-order valence-corrected chi connectivity index (χ1v) is 8.29. The topological polar surface area (TPSA) is 94.0 Å². The average molecular weight is 352 g/mol. The fourth-order valence-corrected chi connectivity index (χ4v) is 2.50. The Bertz CT molecular complexity index is 878. The molecule has 0 atom stereocenters. The Morgan fingerprint density at radius 1 is 1.12 bits per heavy atom. The van der Waals surface area contributed by atoms with Crippen LogP contribution in [0.4, 0.5) is 16.2 Å². The number of tetrazole rings is 1. The summed E-state index contributed by atoms with van der Waals surface area (Å²) in [4.78, 5) is 11.6. The van der Waals surface area contributed by atoms with Crippen LogP contribution in [0.3, 0.4) is 0 Å². The largest absolute Gasteiger partial charge is 0.450 e. The highest BCUT2D eigenvalue weighted by atomic mass is 16.5. The Hall–Kier alpha value is -3.42. The normalized spacial score (nSPS) is 10.4. The van der Waals surface area contributed by atoms with Gasteiger partial charge in [-0.3, -0.25) is 5.32 Å². The quantitative estimate of drug-likeness (QED) is 0.708. The minimum absolute atomic E-state index is 0.324. The van der Waals surface area contributed by atoms with Gasteiger partial charge in [0.15, 0.2) is 5.82 Å². The predicted molar refractivity (Wildman–Crippen MR) is 98.3 cm³/mol. The molecule has 134 valence electrons. The van der Waals surface area contributed by atoms with Gasteiger partial charge in [-0.2, -0.15) is 4.68 Å². The minimum atomic E-state index is -0.472. The molecule has 0 radical (unpaired) electrons. The van der Waals surface area contributed by atoms with Crippen LogP contribution in [0.1, 0.15) is 18.3 Å². The summed E-state index contributed by atoms with van der Waals surface area (Å²) in [6, 6.07) is 15.3. The van der Waals surface area contributed by atoms with Crippen molar-refractivity contribution in [2.24, 2.45) is 0 Å². The number of amides is 1. The summed E-state index contributed by atoms with van der Waals surface area (Å²) >= 11 is 0. The molecule has 0 unspecified atom stereocenters. The van der Waals surface area contributed by atoms with Crippen molar-refractivity contribution < 1.29 is 9.53 Å². The number of anilines is 2. The van der Waals surface area contributed by atoms with Crippen LogP contribution in [-0.2, 0) is 11.3 Å². The number of rotatable bonds is 6. The number of nitrogens with zero attached hydrogens (tertiary/aromatic N) is 4. The number of aromatic nitrogens is 4. The third kappa shape index (κ3) is 3.97. The lowest BCUT2D eigenvalue weighted by atomic mass is 10.1. The van der Waals surface area contributed by atoms with E-state index >= 15 is 0 Å². The van der Waals surface area contributed by atoms with E-state index in [2.05, 4.69) is 26.2 Å². The lowest BCUT2D eigenvalue weighted by molar-refractivity contribution is 0.168. The minimum Gasteiger partial charge on any atom is -0.450 e. The van der Waals surface area contributed by atoms with E-state index in [-0.39, 0.29) is 0 Å². The van der Waals surface area contributed by atoms with Crippen molar-refractivity contribution in [3.8, 4) is 5.69 Å². The summed E-state index contributed by atoms with van der Waals surface area (Å²) in [5, 5.41) is 17.9. The molecule has 3 aromatic rings. The summed E-state index contributed by atoms with van der Waals surface area (Å²) < 4.78 is 6.61. The van der Waals surface area contributed by atoms with Gasteiger partial charge in [0.05, 0.1) is 18.8 Å². The second-order valence-electron chi connectivity index (χ2n) is 5.52. The number of hydrogen-bond acceptors (Lipinski definition) is 6. The van der Waals surface area contributed by atoms with Gasteiger partial charge in [0.1, 0.15) is 0 Å². The van der Waals surface area contributed by atoms with E-state index in [4.69, 9.17) is 4.74 Å². The van der Waals surface area contributed by atoms with Crippen LogP contribution < -0.4 is 10.6 Å². The predicted octanol–water partition coefficient (Wildman–Crippen LogP) is 3.15. The van der Waals surface area contributed by atoms with Crippen molar-refractivity contribution in [1.29, 1.82) is 0 Å². The van der Waals surface area contributed by atoms with Gasteiger partial charge in [0.2, 0.25) is 0 Å². The molecule has 3 rings (SSSR count). The van der Waals surface area contributed by atoms with E-state index < -0.39 is 6.09 Å². The standard InChI is InChI=1S/C18H20N6O2/c1-3-26-18(25)20-16-11-7-10-15(13(16)2)19-12-17-21-22-23-24(17)14-8-5-4-6-9-14/h4-11,19H,3,12H2,1-2H3,(H,20,25). The molecule has 8 nitrogen and oxygen atoms in total. The van der Waals surface area contributed by atoms with Crippen molar-refractivity contribution in [1.82, 2.24) is 20.2 Å². The molecule has 0 spiro atoms. The Labute approximate surface area is 151 Å². The van der Waals surface area contributed by atoms with Gasteiger partial charge >= 0.3 is 6.09 Å². The van der Waals surface area contributed by atoms with Crippen LogP contribution in [0.25, 0.3) is 5.69 Å². The molecule has 1 amide bonds. The molecule has 2 N–H and O–H groups in total. The maximum atomic E-state index is 11.6. The molecule has 0 aliphatic carbocycles. The zero-order valence-electron chi connectivity index (χ0n) is 14.6. The number of benzene rings is 2. The number of carbonyl (C=O) groups is 1. The summed E-state index contributed by atoms with van der Waals surface area (Å²) in [6.45, 7) is 4.45. The van der Waals surface area contributed by atoms with Crippen LogP contribution in [0.15, 0.2) is 48.5 Å². The van der Waals surface area contributed by atoms with E-state index in [0.29, 0.717) is 24.7 Å². The monoisotopic (exact) mass is 352 g/mol. The van der Waals surface area contributed by atoms with E-state index in [9.17, 15) is 4.79 Å². The number of nitrogens with one attached hydrogen (secondary N) is 2.